The van der Waals surface area contributed by atoms with Crippen LogP contribution in [0.15, 0.2) is 24.3 Å². The summed E-state index contributed by atoms with van der Waals surface area (Å²) in [6, 6.07) is 7.41. The van der Waals surface area contributed by atoms with E-state index >= 15 is 0 Å². The maximum atomic E-state index is 10.9. The van der Waals surface area contributed by atoms with Gasteiger partial charge in [-0.15, -0.1) is 0 Å². The van der Waals surface area contributed by atoms with E-state index in [2.05, 4.69) is 4.85 Å². The Morgan fingerprint density at radius 3 is 2.30 bits per heavy atom. The van der Waals surface area contributed by atoms with Crippen LogP contribution in [0.5, 0.6) is 0 Å². The van der Waals surface area contributed by atoms with Gasteiger partial charge in [-0.1, -0.05) is 23.7 Å². The molecule has 5 nitrogen and oxygen atoms in total. The topological polar surface area (TPSA) is 49.1 Å². The molecule has 1 saturated carbocycles. The highest BCUT2D eigenvalue weighted by molar-refractivity contribution is 6.30. The van der Waals surface area contributed by atoms with Crippen molar-refractivity contribution in [1.29, 1.82) is 0 Å². The van der Waals surface area contributed by atoms with Crippen LogP contribution in [0, 0.1) is 6.57 Å². The van der Waals surface area contributed by atoms with Gasteiger partial charge in [-0.25, -0.2) is 6.57 Å². The number of carbonyl (C=O) groups excluding carboxylic acids is 1. The minimum absolute atomic E-state index is 0.354. The first-order chi connectivity index (χ1) is 11.1. The monoisotopic (exact) mass is 335 g/mol. The summed E-state index contributed by atoms with van der Waals surface area (Å²) in [6.07, 6.45) is 1.78. The molecule has 3 rings (SSSR count). The molecule has 1 heterocycles. The Labute approximate surface area is 140 Å². The fourth-order valence-corrected chi connectivity index (χ4v) is 3.79. The molecule has 1 spiro atoms. The number of carbonyl (C=O) groups is 1. The van der Waals surface area contributed by atoms with Gasteiger partial charge >= 0.3 is 6.23 Å². The van der Waals surface area contributed by atoms with E-state index in [1.165, 1.54) is 0 Å². The van der Waals surface area contributed by atoms with E-state index in [1.54, 1.807) is 12.1 Å². The summed E-state index contributed by atoms with van der Waals surface area (Å²) in [5.41, 5.74) is 0.394. The second-order valence-electron chi connectivity index (χ2n) is 5.98. The Morgan fingerprint density at radius 1 is 1.17 bits per heavy atom. The van der Waals surface area contributed by atoms with Crippen LogP contribution in [-0.2, 0) is 24.4 Å². The largest absolute Gasteiger partial charge is 0.393 e. The second kappa shape index (κ2) is 6.48. The van der Waals surface area contributed by atoms with Crippen molar-refractivity contribution >= 4 is 18.1 Å². The summed E-state index contributed by atoms with van der Waals surface area (Å²) >= 11 is 5.98. The van der Waals surface area contributed by atoms with Crippen molar-refractivity contribution in [3.8, 4) is 0 Å². The highest BCUT2D eigenvalue weighted by atomic mass is 35.5. The summed E-state index contributed by atoms with van der Waals surface area (Å²) in [7, 11) is 0. The molecular weight excluding hydrogens is 318 g/mol. The zero-order valence-corrected chi connectivity index (χ0v) is 13.4. The minimum Gasteiger partial charge on any atom is -0.393 e. The molecule has 1 aromatic rings. The molecule has 2 aliphatic rings. The number of hydrogen-bond acceptors (Lipinski definition) is 4. The molecule has 122 valence electrons. The molecule has 0 amide bonds. The number of rotatable bonds is 4. The highest BCUT2D eigenvalue weighted by Crippen LogP contribution is 2.49. The van der Waals surface area contributed by atoms with Gasteiger partial charge in [-0.3, -0.25) is 9.64 Å². The Kier molecular flexibility index (Phi) is 4.58. The molecule has 1 aromatic carbocycles. The van der Waals surface area contributed by atoms with Crippen LogP contribution < -0.4 is 0 Å². The molecule has 0 bridgehead atoms. The molecule has 1 atom stereocenters. The second-order valence-corrected chi connectivity index (χ2v) is 6.42. The minimum atomic E-state index is -0.861. The van der Waals surface area contributed by atoms with E-state index in [0.29, 0.717) is 50.4 Å². The normalized spacial score (nSPS) is 23.1. The van der Waals surface area contributed by atoms with Gasteiger partial charge in [0.2, 0.25) is 0 Å². The first-order valence-electron chi connectivity index (χ1n) is 7.64. The predicted octanol–water partition coefficient (Wildman–Crippen LogP) is 3.31. The van der Waals surface area contributed by atoms with Gasteiger partial charge in [0.1, 0.15) is 5.41 Å². The zero-order valence-electron chi connectivity index (χ0n) is 12.7. The number of benzene rings is 1. The van der Waals surface area contributed by atoms with Crippen molar-refractivity contribution in [2.45, 2.75) is 43.1 Å². The molecule has 1 saturated heterocycles. The summed E-state index contributed by atoms with van der Waals surface area (Å²) in [4.78, 5) is 14.4. The van der Waals surface area contributed by atoms with Gasteiger partial charge in [-0.05, 0) is 30.5 Å². The molecule has 1 unspecified atom stereocenters. The average Bonchev–Trinajstić information content (AvgIpc) is 3.03. The Balaban J connectivity index is 1.93. The maximum Gasteiger partial charge on any atom is 0.378 e. The SMILES string of the molecule is [C-]#[N+]C(OC=O)C1(c2ccc(Cl)cc2)CCC2(CC1)OCCO2. The van der Waals surface area contributed by atoms with Gasteiger partial charge in [0, 0.05) is 17.9 Å². The maximum absolute atomic E-state index is 10.9. The van der Waals surface area contributed by atoms with E-state index in [4.69, 9.17) is 32.4 Å². The summed E-state index contributed by atoms with van der Waals surface area (Å²) in [6.45, 7) is 9.03. The lowest BCUT2D eigenvalue weighted by molar-refractivity contribution is -0.190. The van der Waals surface area contributed by atoms with Crippen molar-refractivity contribution in [2.75, 3.05) is 13.2 Å². The summed E-state index contributed by atoms with van der Waals surface area (Å²) < 4.78 is 16.7. The lowest BCUT2D eigenvalue weighted by Crippen LogP contribution is -2.48. The molecule has 0 aromatic heterocycles. The third kappa shape index (κ3) is 2.94. The molecule has 1 aliphatic carbocycles. The van der Waals surface area contributed by atoms with Crippen LogP contribution in [0.3, 0.4) is 0 Å². The van der Waals surface area contributed by atoms with E-state index in [0.717, 1.165) is 5.56 Å². The number of nitrogens with zero attached hydrogens (tertiary/aromatic N) is 1. The zero-order chi connectivity index (χ0) is 16.3. The van der Waals surface area contributed by atoms with Crippen LogP contribution in [0.4, 0.5) is 0 Å². The van der Waals surface area contributed by atoms with Gasteiger partial charge < -0.3 is 14.2 Å². The first kappa shape index (κ1) is 16.3. The fourth-order valence-electron chi connectivity index (χ4n) is 3.66. The van der Waals surface area contributed by atoms with Crippen molar-refractivity contribution in [2.24, 2.45) is 0 Å². The van der Waals surface area contributed by atoms with Crippen molar-refractivity contribution in [3.05, 3.63) is 46.3 Å². The fraction of sp³-hybridized carbons (Fsp3) is 0.529. The van der Waals surface area contributed by atoms with Crippen molar-refractivity contribution in [1.82, 2.24) is 0 Å². The molecule has 0 N–H and O–H groups in total. The molecular formula is C17H18ClNO4. The number of halogens is 1. The van der Waals surface area contributed by atoms with Gasteiger partial charge in [0.15, 0.2) is 5.79 Å². The van der Waals surface area contributed by atoms with E-state index in [9.17, 15) is 4.79 Å². The van der Waals surface area contributed by atoms with Crippen molar-refractivity contribution in [3.63, 3.8) is 0 Å². The Bertz CT molecular complexity index is 594. The molecule has 1 aliphatic heterocycles. The highest BCUT2D eigenvalue weighted by Gasteiger charge is 2.54. The molecule has 6 heteroatoms. The van der Waals surface area contributed by atoms with Crippen LogP contribution in [0.25, 0.3) is 4.85 Å². The number of ether oxygens (including phenoxy) is 3. The first-order valence-corrected chi connectivity index (χ1v) is 8.02. The molecule has 2 fully saturated rings. The lowest BCUT2D eigenvalue weighted by atomic mass is 9.66. The third-order valence-corrected chi connectivity index (χ3v) is 5.16. The van der Waals surface area contributed by atoms with Crippen LogP contribution in [0.1, 0.15) is 31.2 Å². The van der Waals surface area contributed by atoms with Gasteiger partial charge in [0.05, 0.1) is 13.2 Å². The molecule has 0 radical (unpaired) electrons. The molecule has 23 heavy (non-hydrogen) atoms. The van der Waals surface area contributed by atoms with Crippen LogP contribution in [-0.4, -0.2) is 31.7 Å². The average molecular weight is 336 g/mol. The number of hydrogen-bond donors (Lipinski definition) is 0. The Hall–Kier alpha value is -1.61. The standard InChI is InChI=1S/C17H18ClNO4/c1-19-15(21-12-20)16(13-2-4-14(18)5-3-13)6-8-17(9-7-16)22-10-11-23-17/h2-5,12,15H,6-11H2. The van der Waals surface area contributed by atoms with E-state index in [1.807, 2.05) is 12.1 Å². The third-order valence-electron chi connectivity index (χ3n) is 4.91. The lowest BCUT2D eigenvalue weighted by Gasteiger charge is -2.42. The smallest absolute Gasteiger partial charge is 0.378 e. The van der Waals surface area contributed by atoms with E-state index in [-0.39, 0.29) is 0 Å². The van der Waals surface area contributed by atoms with Crippen LogP contribution >= 0.6 is 11.6 Å². The van der Waals surface area contributed by atoms with Crippen LogP contribution in [0.2, 0.25) is 5.02 Å². The van der Waals surface area contributed by atoms with Gasteiger partial charge in [0.25, 0.3) is 6.47 Å². The summed E-state index contributed by atoms with van der Waals surface area (Å²) in [5, 5.41) is 0.634. The Morgan fingerprint density at radius 2 is 1.78 bits per heavy atom. The summed E-state index contributed by atoms with van der Waals surface area (Å²) in [5.74, 6) is -0.538. The predicted molar refractivity (Wildman–Crippen MR) is 83.8 cm³/mol. The van der Waals surface area contributed by atoms with Crippen molar-refractivity contribution < 1.29 is 19.0 Å². The van der Waals surface area contributed by atoms with E-state index < -0.39 is 17.4 Å². The van der Waals surface area contributed by atoms with Gasteiger partial charge in [-0.2, -0.15) is 0 Å². The quantitative estimate of drug-likeness (QED) is 0.625.